The number of pyridine rings is 1. The second-order valence-electron chi connectivity index (χ2n) is 4.83. The van der Waals surface area contributed by atoms with E-state index in [1.165, 1.54) is 0 Å². The zero-order chi connectivity index (χ0) is 15.1. The van der Waals surface area contributed by atoms with Gasteiger partial charge >= 0.3 is 0 Å². The minimum atomic E-state index is 0.484. The lowest BCUT2D eigenvalue weighted by Gasteiger charge is -2.10. The first kappa shape index (κ1) is 15.1. The quantitative estimate of drug-likeness (QED) is 0.791. The molecular formula is C16H19N3O2. The molecule has 5 heteroatoms. The monoisotopic (exact) mass is 285 g/mol. The van der Waals surface area contributed by atoms with Crippen LogP contribution in [0.2, 0.25) is 0 Å². The SMILES string of the molecule is Cc1cc(C)c(C#N)c(NCCCOCc2ccco2)n1. The van der Waals surface area contributed by atoms with E-state index in [0.29, 0.717) is 31.1 Å². The minimum absolute atomic E-state index is 0.484. The Labute approximate surface area is 124 Å². The van der Waals surface area contributed by atoms with Gasteiger partial charge in [-0.05, 0) is 44.0 Å². The third-order valence-corrected chi connectivity index (χ3v) is 3.04. The number of aromatic nitrogens is 1. The smallest absolute Gasteiger partial charge is 0.144 e. The third kappa shape index (κ3) is 4.33. The van der Waals surface area contributed by atoms with Gasteiger partial charge in [0.2, 0.25) is 0 Å². The Morgan fingerprint density at radius 1 is 1.43 bits per heavy atom. The first-order valence-corrected chi connectivity index (χ1v) is 6.93. The van der Waals surface area contributed by atoms with Crippen molar-refractivity contribution in [2.75, 3.05) is 18.5 Å². The van der Waals surface area contributed by atoms with E-state index < -0.39 is 0 Å². The van der Waals surface area contributed by atoms with Crippen LogP contribution in [0.4, 0.5) is 5.82 Å². The predicted octanol–water partition coefficient (Wildman–Crippen LogP) is 3.18. The Hall–Kier alpha value is -2.32. The van der Waals surface area contributed by atoms with Crippen LogP contribution in [0, 0.1) is 25.2 Å². The number of ether oxygens (including phenoxy) is 1. The number of nitrogens with one attached hydrogen (secondary N) is 1. The van der Waals surface area contributed by atoms with Crippen LogP contribution >= 0.6 is 0 Å². The molecule has 5 nitrogen and oxygen atoms in total. The fraction of sp³-hybridized carbons (Fsp3) is 0.375. The summed E-state index contributed by atoms with van der Waals surface area (Å²) in [7, 11) is 0. The summed E-state index contributed by atoms with van der Waals surface area (Å²) in [5.74, 6) is 1.48. The molecule has 2 aromatic heterocycles. The number of nitriles is 1. The third-order valence-electron chi connectivity index (χ3n) is 3.04. The zero-order valence-corrected chi connectivity index (χ0v) is 12.3. The fourth-order valence-electron chi connectivity index (χ4n) is 2.05. The summed E-state index contributed by atoms with van der Waals surface area (Å²) in [5, 5.41) is 12.4. The van der Waals surface area contributed by atoms with Crippen molar-refractivity contribution < 1.29 is 9.15 Å². The second-order valence-corrected chi connectivity index (χ2v) is 4.83. The van der Waals surface area contributed by atoms with E-state index in [1.54, 1.807) is 6.26 Å². The van der Waals surface area contributed by atoms with Crippen LogP contribution in [-0.4, -0.2) is 18.1 Å². The molecule has 2 heterocycles. The van der Waals surface area contributed by atoms with Gasteiger partial charge in [0.1, 0.15) is 24.3 Å². The maximum absolute atomic E-state index is 9.17. The lowest BCUT2D eigenvalue weighted by Crippen LogP contribution is -2.09. The largest absolute Gasteiger partial charge is 0.467 e. The van der Waals surface area contributed by atoms with Gasteiger partial charge in [-0.15, -0.1) is 0 Å². The average molecular weight is 285 g/mol. The van der Waals surface area contributed by atoms with Crippen molar-refractivity contribution in [2.24, 2.45) is 0 Å². The van der Waals surface area contributed by atoms with Crippen molar-refractivity contribution in [1.29, 1.82) is 5.26 Å². The summed E-state index contributed by atoms with van der Waals surface area (Å²) in [6.45, 7) is 5.66. The molecule has 0 fully saturated rings. The number of anilines is 1. The molecule has 110 valence electrons. The van der Waals surface area contributed by atoms with E-state index in [0.717, 1.165) is 23.4 Å². The van der Waals surface area contributed by atoms with E-state index in [2.05, 4.69) is 16.4 Å². The molecule has 0 bridgehead atoms. The number of furan rings is 1. The number of rotatable bonds is 7. The topological polar surface area (TPSA) is 71.1 Å². The van der Waals surface area contributed by atoms with Crippen LogP contribution in [0.3, 0.4) is 0 Å². The van der Waals surface area contributed by atoms with Crippen molar-refractivity contribution in [3.05, 3.63) is 47.0 Å². The van der Waals surface area contributed by atoms with Gasteiger partial charge in [-0.25, -0.2) is 4.98 Å². The molecule has 0 radical (unpaired) electrons. The van der Waals surface area contributed by atoms with Gasteiger partial charge in [-0.1, -0.05) is 0 Å². The lowest BCUT2D eigenvalue weighted by atomic mass is 10.1. The Kier molecular flexibility index (Phi) is 5.35. The molecule has 2 rings (SSSR count). The van der Waals surface area contributed by atoms with Crippen LogP contribution in [0.1, 0.15) is 29.0 Å². The highest BCUT2D eigenvalue weighted by Gasteiger charge is 2.07. The van der Waals surface area contributed by atoms with Gasteiger partial charge < -0.3 is 14.5 Å². The Morgan fingerprint density at radius 2 is 2.29 bits per heavy atom. The van der Waals surface area contributed by atoms with E-state index in [1.807, 2.05) is 32.0 Å². The highest BCUT2D eigenvalue weighted by Crippen LogP contribution is 2.17. The Morgan fingerprint density at radius 3 is 3.00 bits per heavy atom. The summed E-state index contributed by atoms with van der Waals surface area (Å²) >= 11 is 0. The zero-order valence-electron chi connectivity index (χ0n) is 12.3. The van der Waals surface area contributed by atoms with Crippen molar-refractivity contribution in [2.45, 2.75) is 26.9 Å². The van der Waals surface area contributed by atoms with Crippen molar-refractivity contribution in [1.82, 2.24) is 4.98 Å². The van der Waals surface area contributed by atoms with Crippen LogP contribution in [0.5, 0.6) is 0 Å². The van der Waals surface area contributed by atoms with Gasteiger partial charge in [0.05, 0.1) is 11.8 Å². The van der Waals surface area contributed by atoms with Gasteiger partial charge in [0.25, 0.3) is 0 Å². The van der Waals surface area contributed by atoms with Crippen molar-refractivity contribution >= 4 is 5.82 Å². The van der Waals surface area contributed by atoms with Crippen LogP contribution in [-0.2, 0) is 11.3 Å². The van der Waals surface area contributed by atoms with Crippen molar-refractivity contribution in [3.63, 3.8) is 0 Å². The molecule has 0 atom stereocenters. The molecule has 21 heavy (non-hydrogen) atoms. The standard InChI is InChI=1S/C16H19N3O2/c1-12-9-13(2)19-16(15(12)10-17)18-6-4-7-20-11-14-5-3-8-21-14/h3,5,8-9H,4,6-7,11H2,1-2H3,(H,18,19). The summed E-state index contributed by atoms with van der Waals surface area (Å²) < 4.78 is 10.7. The molecule has 0 aliphatic heterocycles. The molecule has 0 spiro atoms. The molecular weight excluding hydrogens is 266 g/mol. The predicted molar refractivity (Wildman–Crippen MR) is 79.9 cm³/mol. The van der Waals surface area contributed by atoms with E-state index in [4.69, 9.17) is 9.15 Å². The number of hydrogen-bond donors (Lipinski definition) is 1. The molecule has 0 saturated heterocycles. The highest BCUT2D eigenvalue weighted by atomic mass is 16.5. The van der Waals surface area contributed by atoms with Gasteiger partial charge in [0.15, 0.2) is 0 Å². The first-order chi connectivity index (χ1) is 10.2. The molecule has 0 amide bonds. The summed E-state index contributed by atoms with van der Waals surface area (Å²) in [6.07, 6.45) is 2.47. The number of aryl methyl sites for hydroxylation is 2. The summed E-state index contributed by atoms with van der Waals surface area (Å²) in [5.41, 5.74) is 2.46. The summed E-state index contributed by atoms with van der Waals surface area (Å²) in [6, 6.07) is 7.83. The molecule has 2 aromatic rings. The van der Waals surface area contributed by atoms with Crippen LogP contribution in [0.15, 0.2) is 28.9 Å². The van der Waals surface area contributed by atoms with Crippen LogP contribution < -0.4 is 5.32 Å². The van der Waals surface area contributed by atoms with Gasteiger partial charge in [-0.3, -0.25) is 0 Å². The fourth-order valence-corrected chi connectivity index (χ4v) is 2.05. The number of nitrogens with zero attached hydrogens (tertiary/aromatic N) is 2. The molecule has 0 aliphatic carbocycles. The normalized spacial score (nSPS) is 10.3. The van der Waals surface area contributed by atoms with E-state index in [-0.39, 0.29) is 0 Å². The second kappa shape index (κ2) is 7.46. The maximum atomic E-state index is 9.17. The lowest BCUT2D eigenvalue weighted by molar-refractivity contribution is 0.106. The molecule has 0 aliphatic rings. The molecule has 1 N–H and O–H groups in total. The van der Waals surface area contributed by atoms with Crippen molar-refractivity contribution in [3.8, 4) is 6.07 Å². The Balaban J connectivity index is 1.75. The van der Waals surface area contributed by atoms with Crippen LogP contribution in [0.25, 0.3) is 0 Å². The molecule has 0 saturated carbocycles. The average Bonchev–Trinajstić information content (AvgIpc) is 2.95. The summed E-state index contributed by atoms with van der Waals surface area (Å²) in [4.78, 5) is 4.37. The molecule has 0 aromatic carbocycles. The van der Waals surface area contributed by atoms with E-state index in [9.17, 15) is 5.26 Å². The van der Waals surface area contributed by atoms with Gasteiger partial charge in [0, 0.05) is 18.8 Å². The maximum Gasteiger partial charge on any atom is 0.144 e. The Bertz CT molecular complexity index is 615. The van der Waals surface area contributed by atoms with E-state index >= 15 is 0 Å². The molecule has 0 unspecified atom stereocenters. The highest BCUT2D eigenvalue weighted by molar-refractivity contribution is 5.56. The number of hydrogen-bond acceptors (Lipinski definition) is 5. The van der Waals surface area contributed by atoms with Gasteiger partial charge in [-0.2, -0.15) is 5.26 Å². The minimum Gasteiger partial charge on any atom is -0.467 e. The first-order valence-electron chi connectivity index (χ1n) is 6.93.